The highest BCUT2D eigenvalue weighted by molar-refractivity contribution is 5.96. The van der Waals surface area contributed by atoms with Crippen LogP contribution in [-0.2, 0) is 13.0 Å². The predicted octanol–water partition coefficient (Wildman–Crippen LogP) is 1.31. The summed E-state index contributed by atoms with van der Waals surface area (Å²) in [6, 6.07) is 5.02. The van der Waals surface area contributed by atoms with Gasteiger partial charge in [-0.25, -0.2) is 9.78 Å². The van der Waals surface area contributed by atoms with Gasteiger partial charge in [0.05, 0.1) is 11.1 Å². The van der Waals surface area contributed by atoms with E-state index in [2.05, 4.69) is 15.0 Å². The lowest BCUT2D eigenvalue weighted by Crippen LogP contribution is -2.12. The van der Waals surface area contributed by atoms with Crippen LogP contribution in [-0.4, -0.2) is 36.5 Å². The molecule has 4 rings (SSSR count). The van der Waals surface area contributed by atoms with Gasteiger partial charge in [-0.2, -0.15) is 0 Å². The summed E-state index contributed by atoms with van der Waals surface area (Å²) in [4.78, 5) is 32.3. The van der Waals surface area contributed by atoms with Crippen LogP contribution in [0.2, 0.25) is 0 Å². The highest BCUT2D eigenvalue weighted by Crippen LogP contribution is 2.30. The molecule has 0 atom stereocenters. The lowest BCUT2D eigenvalue weighted by molar-refractivity contribution is 0.0697. The minimum absolute atomic E-state index is 0.303. The number of imidazole rings is 1. The Morgan fingerprint density at radius 3 is 2.71 bits per heavy atom. The molecule has 1 aliphatic heterocycles. The zero-order valence-corrected chi connectivity index (χ0v) is 12.6. The van der Waals surface area contributed by atoms with Crippen LogP contribution >= 0.6 is 0 Å². The number of aromatic amines is 1. The van der Waals surface area contributed by atoms with E-state index in [4.69, 9.17) is 10.8 Å². The molecule has 24 heavy (non-hydrogen) atoms. The van der Waals surface area contributed by atoms with E-state index in [1.54, 1.807) is 24.4 Å². The Morgan fingerprint density at radius 2 is 2.08 bits per heavy atom. The summed E-state index contributed by atoms with van der Waals surface area (Å²) in [5, 5.41) is 9.04. The highest BCUT2D eigenvalue weighted by Gasteiger charge is 2.24. The maximum atomic E-state index is 11.0. The van der Waals surface area contributed by atoms with Crippen molar-refractivity contribution in [1.82, 2.24) is 19.5 Å². The molecule has 0 aromatic carbocycles. The Labute approximate surface area is 137 Å². The van der Waals surface area contributed by atoms with Crippen LogP contribution in [0, 0.1) is 0 Å². The van der Waals surface area contributed by atoms with Gasteiger partial charge in [-0.15, -0.1) is 0 Å². The molecular formula is C16H15N5O3. The smallest absolute Gasteiger partial charge is 0.337 e. The van der Waals surface area contributed by atoms with Crippen molar-refractivity contribution in [3.63, 3.8) is 0 Å². The Kier molecular flexibility index (Phi) is 4.11. The number of nitrogens with zero attached hydrogens (tertiary/aromatic N) is 3. The predicted molar refractivity (Wildman–Crippen MR) is 85.4 cm³/mol. The van der Waals surface area contributed by atoms with Gasteiger partial charge in [0.25, 0.3) is 5.91 Å². The van der Waals surface area contributed by atoms with Crippen LogP contribution in [0.5, 0.6) is 0 Å². The molecule has 122 valence electrons. The molecule has 0 unspecified atom stereocenters. The number of rotatable bonds is 2. The standard InChI is InChI=1S/C10H9N3O2.C6H6N2O/c14-10(15)6-5-12-7-1-3-13-4-2-11-9(13)8(6)7;7-6(9)5-3-1-2-4-8-5/h2,4-5,12H,1,3H2,(H,14,15);1-4H,(H2,7,9). The van der Waals surface area contributed by atoms with Gasteiger partial charge in [-0.3, -0.25) is 9.78 Å². The molecule has 4 N–H and O–H groups in total. The van der Waals surface area contributed by atoms with E-state index < -0.39 is 11.9 Å². The van der Waals surface area contributed by atoms with Gasteiger partial charge in [0.15, 0.2) is 0 Å². The number of carboxylic acid groups (broad SMARTS) is 1. The van der Waals surface area contributed by atoms with Crippen LogP contribution in [0.1, 0.15) is 26.5 Å². The van der Waals surface area contributed by atoms with Crippen LogP contribution in [0.25, 0.3) is 11.4 Å². The molecule has 0 fully saturated rings. The number of hydrogen-bond donors (Lipinski definition) is 3. The summed E-state index contributed by atoms with van der Waals surface area (Å²) in [6.45, 7) is 0.849. The molecule has 1 amide bonds. The van der Waals surface area contributed by atoms with Crippen molar-refractivity contribution in [3.05, 3.63) is 59.9 Å². The molecule has 3 aromatic rings. The number of fused-ring (bicyclic) bond motifs is 3. The second-order valence-electron chi connectivity index (χ2n) is 5.13. The first-order valence-corrected chi connectivity index (χ1v) is 7.24. The second kappa shape index (κ2) is 6.37. The largest absolute Gasteiger partial charge is 0.478 e. The summed E-state index contributed by atoms with van der Waals surface area (Å²) >= 11 is 0. The second-order valence-corrected chi connectivity index (χ2v) is 5.13. The monoisotopic (exact) mass is 325 g/mol. The number of nitrogens with one attached hydrogen (secondary N) is 1. The van der Waals surface area contributed by atoms with E-state index in [1.165, 1.54) is 12.4 Å². The van der Waals surface area contributed by atoms with Crippen LogP contribution in [0.3, 0.4) is 0 Å². The minimum Gasteiger partial charge on any atom is -0.478 e. The van der Waals surface area contributed by atoms with Gasteiger partial charge in [0, 0.05) is 43.4 Å². The van der Waals surface area contributed by atoms with E-state index in [9.17, 15) is 9.59 Å². The van der Waals surface area contributed by atoms with Gasteiger partial charge in [0.2, 0.25) is 0 Å². The Bertz CT molecular complexity index is 882. The molecule has 0 saturated carbocycles. The SMILES string of the molecule is NC(=O)c1ccccn1.O=C(O)c1c[nH]c2c1-c1nccn1CC2. The Hall–Kier alpha value is -3.42. The Balaban J connectivity index is 0.000000162. The van der Waals surface area contributed by atoms with E-state index in [1.807, 2.05) is 10.8 Å². The molecule has 0 radical (unpaired) electrons. The third kappa shape index (κ3) is 2.89. The van der Waals surface area contributed by atoms with E-state index >= 15 is 0 Å². The first-order chi connectivity index (χ1) is 11.6. The van der Waals surface area contributed by atoms with Crippen molar-refractivity contribution in [2.75, 3.05) is 0 Å². The lowest BCUT2D eigenvalue weighted by Gasteiger charge is -2.14. The highest BCUT2D eigenvalue weighted by atomic mass is 16.4. The molecule has 0 bridgehead atoms. The number of carbonyl (C=O) groups is 2. The number of primary amides is 1. The number of pyridine rings is 1. The first kappa shape index (κ1) is 15.5. The van der Waals surface area contributed by atoms with Crippen LogP contribution in [0.15, 0.2) is 43.0 Å². The van der Waals surface area contributed by atoms with Gasteiger partial charge in [-0.1, -0.05) is 6.07 Å². The number of aromatic nitrogens is 4. The van der Waals surface area contributed by atoms with Crippen molar-refractivity contribution < 1.29 is 14.7 Å². The molecular weight excluding hydrogens is 310 g/mol. The lowest BCUT2D eigenvalue weighted by atomic mass is 10.1. The van der Waals surface area contributed by atoms with Gasteiger partial charge in [-0.05, 0) is 12.1 Å². The van der Waals surface area contributed by atoms with E-state index in [-0.39, 0.29) is 0 Å². The normalized spacial score (nSPS) is 11.7. The van der Waals surface area contributed by atoms with E-state index in [0.29, 0.717) is 11.3 Å². The van der Waals surface area contributed by atoms with Gasteiger partial charge >= 0.3 is 5.97 Å². The maximum absolute atomic E-state index is 11.0. The Morgan fingerprint density at radius 1 is 1.25 bits per heavy atom. The molecule has 1 aliphatic rings. The van der Waals surface area contributed by atoms with Crippen molar-refractivity contribution >= 4 is 11.9 Å². The fraction of sp³-hybridized carbons (Fsp3) is 0.125. The molecule has 0 spiro atoms. The number of amides is 1. The van der Waals surface area contributed by atoms with E-state index in [0.717, 1.165) is 30.0 Å². The topological polar surface area (TPSA) is 127 Å². The molecule has 8 nitrogen and oxygen atoms in total. The zero-order valence-electron chi connectivity index (χ0n) is 12.6. The molecule has 8 heteroatoms. The van der Waals surface area contributed by atoms with Gasteiger partial charge in [0.1, 0.15) is 11.5 Å². The number of hydrogen-bond acceptors (Lipinski definition) is 4. The fourth-order valence-corrected chi connectivity index (χ4v) is 2.55. The third-order valence-corrected chi connectivity index (χ3v) is 3.65. The number of nitrogens with two attached hydrogens (primary N) is 1. The summed E-state index contributed by atoms with van der Waals surface area (Å²) < 4.78 is 1.97. The van der Waals surface area contributed by atoms with Crippen molar-refractivity contribution in [2.45, 2.75) is 13.0 Å². The fourth-order valence-electron chi connectivity index (χ4n) is 2.55. The number of H-pyrrole nitrogens is 1. The molecule has 0 saturated heterocycles. The van der Waals surface area contributed by atoms with Crippen molar-refractivity contribution in [2.24, 2.45) is 5.73 Å². The van der Waals surface area contributed by atoms with Gasteiger partial charge < -0.3 is 20.4 Å². The third-order valence-electron chi connectivity index (χ3n) is 3.65. The summed E-state index contributed by atoms with van der Waals surface area (Å²) in [5.41, 5.74) is 7.22. The summed E-state index contributed by atoms with van der Waals surface area (Å²) in [7, 11) is 0. The average molecular weight is 325 g/mol. The zero-order chi connectivity index (χ0) is 17.1. The molecule has 3 aromatic heterocycles. The van der Waals surface area contributed by atoms with Crippen molar-refractivity contribution in [1.29, 1.82) is 0 Å². The molecule has 4 heterocycles. The number of carbonyl (C=O) groups excluding carboxylic acids is 1. The van der Waals surface area contributed by atoms with Crippen molar-refractivity contribution in [3.8, 4) is 11.4 Å². The quantitative estimate of drug-likeness (QED) is 0.654. The number of aryl methyl sites for hydroxylation is 2. The number of aromatic carboxylic acids is 1. The minimum atomic E-state index is -0.913. The summed E-state index contributed by atoms with van der Waals surface area (Å²) in [5.74, 6) is -0.658. The number of carboxylic acids is 1. The average Bonchev–Trinajstić information content (AvgIpc) is 3.22. The first-order valence-electron chi connectivity index (χ1n) is 7.24. The van der Waals surface area contributed by atoms with Crippen LogP contribution < -0.4 is 5.73 Å². The molecule has 0 aliphatic carbocycles. The maximum Gasteiger partial charge on any atom is 0.337 e. The summed E-state index contributed by atoms with van der Waals surface area (Å²) in [6.07, 6.45) is 7.46. The van der Waals surface area contributed by atoms with Crippen LogP contribution in [0.4, 0.5) is 0 Å².